The van der Waals surface area contributed by atoms with Crippen LogP contribution in [0.15, 0.2) is 18.2 Å². The third kappa shape index (κ3) is 5.30. The Morgan fingerprint density at radius 1 is 1.26 bits per heavy atom. The number of rotatable bonds is 6. The third-order valence-electron chi connectivity index (χ3n) is 1.96. The number of halogens is 2. The van der Waals surface area contributed by atoms with Gasteiger partial charge in [0.1, 0.15) is 23.9 Å². The van der Waals surface area contributed by atoms with Gasteiger partial charge in [-0.1, -0.05) is 6.07 Å². The van der Waals surface area contributed by atoms with Gasteiger partial charge in [0.15, 0.2) is 0 Å². The average molecular weight is 274 g/mol. The van der Waals surface area contributed by atoms with E-state index in [-0.39, 0.29) is 13.2 Å². The summed E-state index contributed by atoms with van der Waals surface area (Å²) in [4.78, 5) is 21.4. The van der Waals surface area contributed by atoms with Crippen LogP contribution in [0.1, 0.15) is 0 Å². The van der Waals surface area contributed by atoms with Crippen LogP contribution in [0.5, 0.6) is 0 Å². The molecule has 0 radical (unpaired) electrons. The van der Waals surface area contributed by atoms with Crippen LogP contribution in [0.25, 0.3) is 0 Å². The summed E-state index contributed by atoms with van der Waals surface area (Å²) in [6, 6.07) is 2.37. The second-order valence-electron chi connectivity index (χ2n) is 3.42. The first kappa shape index (κ1) is 14.8. The number of para-hydroxylation sites is 1. The van der Waals surface area contributed by atoms with Gasteiger partial charge < -0.3 is 20.5 Å². The molecule has 6 nitrogen and oxygen atoms in total. The Hall–Kier alpha value is -2.22. The van der Waals surface area contributed by atoms with Crippen LogP contribution in [-0.4, -0.2) is 36.9 Å². The van der Waals surface area contributed by atoms with E-state index in [2.05, 4.69) is 10.1 Å². The summed E-state index contributed by atoms with van der Waals surface area (Å²) in [5.41, 5.74) is -0.550. The van der Waals surface area contributed by atoms with Crippen LogP contribution >= 0.6 is 0 Å². The predicted octanol–water partition coefficient (Wildman–Crippen LogP) is 1.19. The third-order valence-corrected chi connectivity index (χ3v) is 1.96. The second kappa shape index (κ2) is 7.27. The molecule has 0 aliphatic carbocycles. The van der Waals surface area contributed by atoms with E-state index in [1.165, 1.54) is 6.07 Å². The minimum absolute atomic E-state index is 0.00911. The number of carbonyl (C=O) groups excluding carboxylic acids is 1. The number of benzene rings is 1. The largest absolute Gasteiger partial charge is 0.480 e. The second-order valence-corrected chi connectivity index (χ2v) is 3.42. The van der Waals surface area contributed by atoms with Crippen LogP contribution in [0.4, 0.5) is 19.3 Å². The molecule has 1 aromatic carbocycles. The molecule has 104 valence electrons. The Morgan fingerprint density at radius 2 is 1.89 bits per heavy atom. The molecule has 0 spiro atoms. The first-order chi connectivity index (χ1) is 9.00. The van der Waals surface area contributed by atoms with Gasteiger partial charge in [-0.05, 0) is 12.1 Å². The Balaban J connectivity index is 2.33. The summed E-state index contributed by atoms with van der Waals surface area (Å²) in [7, 11) is 0. The smallest absolute Gasteiger partial charge is 0.329 e. The Kier molecular flexibility index (Phi) is 5.68. The van der Waals surface area contributed by atoms with Crippen molar-refractivity contribution >= 4 is 17.7 Å². The number of carboxylic acid groups (broad SMARTS) is 1. The number of carbonyl (C=O) groups is 2. The Morgan fingerprint density at radius 3 is 2.47 bits per heavy atom. The highest BCUT2D eigenvalue weighted by molar-refractivity contribution is 5.89. The summed E-state index contributed by atoms with van der Waals surface area (Å²) in [5, 5.41) is 12.5. The first-order valence-corrected chi connectivity index (χ1v) is 5.29. The summed E-state index contributed by atoms with van der Waals surface area (Å²) >= 11 is 0. The molecule has 3 N–H and O–H groups in total. The maximum absolute atomic E-state index is 13.2. The van der Waals surface area contributed by atoms with Crippen molar-refractivity contribution in [1.29, 1.82) is 0 Å². The van der Waals surface area contributed by atoms with Gasteiger partial charge in [-0.15, -0.1) is 0 Å². The van der Waals surface area contributed by atoms with Crippen molar-refractivity contribution in [2.45, 2.75) is 0 Å². The van der Waals surface area contributed by atoms with E-state index in [4.69, 9.17) is 5.11 Å². The molecule has 0 heterocycles. The predicted molar refractivity (Wildman–Crippen MR) is 61.8 cm³/mol. The van der Waals surface area contributed by atoms with Gasteiger partial charge in [0.05, 0.1) is 6.61 Å². The van der Waals surface area contributed by atoms with E-state index in [0.717, 1.165) is 12.1 Å². The monoisotopic (exact) mass is 274 g/mol. The lowest BCUT2D eigenvalue weighted by atomic mass is 10.3. The van der Waals surface area contributed by atoms with Crippen molar-refractivity contribution in [2.75, 3.05) is 25.1 Å². The molecular formula is C11H12F2N2O4. The van der Waals surface area contributed by atoms with Crippen LogP contribution < -0.4 is 10.6 Å². The zero-order valence-corrected chi connectivity index (χ0v) is 9.78. The molecule has 0 saturated heterocycles. The summed E-state index contributed by atoms with van der Waals surface area (Å²) in [5.74, 6) is -2.91. The molecule has 0 aromatic heterocycles. The highest BCUT2D eigenvalue weighted by atomic mass is 19.1. The lowest BCUT2D eigenvalue weighted by Crippen LogP contribution is -2.32. The molecule has 1 rings (SSSR count). The van der Waals surface area contributed by atoms with E-state index in [0.29, 0.717) is 0 Å². The van der Waals surface area contributed by atoms with Gasteiger partial charge in [-0.25, -0.2) is 18.4 Å². The van der Waals surface area contributed by atoms with E-state index >= 15 is 0 Å². The van der Waals surface area contributed by atoms with Crippen molar-refractivity contribution in [1.82, 2.24) is 5.32 Å². The molecule has 0 aliphatic rings. The molecule has 0 aliphatic heterocycles. The van der Waals surface area contributed by atoms with Gasteiger partial charge in [0, 0.05) is 6.54 Å². The lowest BCUT2D eigenvalue weighted by Gasteiger charge is -2.09. The van der Waals surface area contributed by atoms with Crippen molar-refractivity contribution in [2.24, 2.45) is 0 Å². The number of ether oxygens (including phenoxy) is 1. The highest BCUT2D eigenvalue weighted by Gasteiger charge is 2.11. The van der Waals surface area contributed by atoms with Gasteiger partial charge >= 0.3 is 12.0 Å². The maximum atomic E-state index is 13.2. The van der Waals surface area contributed by atoms with Crippen molar-refractivity contribution < 1.29 is 28.2 Å². The number of anilines is 1. The number of nitrogens with one attached hydrogen (secondary N) is 2. The highest BCUT2D eigenvalue weighted by Crippen LogP contribution is 2.17. The van der Waals surface area contributed by atoms with E-state index in [9.17, 15) is 18.4 Å². The molecule has 0 fully saturated rings. The number of hydrogen-bond donors (Lipinski definition) is 3. The van der Waals surface area contributed by atoms with Crippen LogP contribution in [-0.2, 0) is 9.53 Å². The van der Waals surface area contributed by atoms with Crippen LogP contribution in [0, 0.1) is 11.6 Å². The fourth-order valence-corrected chi connectivity index (χ4v) is 1.17. The maximum Gasteiger partial charge on any atom is 0.329 e. The lowest BCUT2D eigenvalue weighted by molar-refractivity contribution is -0.142. The zero-order valence-electron chi connectivity index (χ0n) is 9.78. The normalized spacial score (nSPS) is 10.0. The number of carboxylic acids is 1. The Bertz CT molecular complexity index is 448. The van der Waals surface area contributed by atoms with E-state index in [1.807, 2.05) is 5.32 Å². The van der Waals surface area contributed by atoms with Gasteiger partial charge in [0.25, 0.3) is 0 Å². The molecule has 2 amide bonds. The van der Waals surface area contributed by atoms with Gasteiger partial charge in [-0.3, -0.25) is 0 Å². The fraction of sp³-hybridized carbons (Fsp3) is 0.273. The molecule has 19 heavy (non-hydrogen) atoms. The van der Waals surface area contributed by atoms with Gasteiger partial charge in [0.2, 0.25) is 0 Å². The van der Waals surface area contributed by atoms with Crippen molar-refractivity contribution in [3.8, 4) is 0 Å². The van der Waals surface area contributed by atoms with Crippen LogP contribution in [0.2, 0.25) is 0 Å². The van der Waals surface area contributed by atoms with E-state index < -0.39 is 35.9 Å². The quantitative estimate of drug-likeness (QED) is 0.680. The molecule has 0 saturated carbocycles. The molecule has 0 bridgehead atoms. The minimum Gasteiger partial charge on any atom is -0.480 e. The standard InChI is InChI=1S/C11H12F2N2O4/c12-7-2-1-3-8(13)10(7)15-11(18)14-4-5-19-6-9(16)17/h1-3H,4-6H2,(H,16,17)(H2,14,15,18). The number of urea groups is 1. The number of aliphatic carboxylic acids is 1. The summed E-state index contributed by atoms with van der Waals surface area (Å²) in [6.45, 7) is -0.500. The van der Waals surface area contributed by atoms with Crippen molar-refractivity contribution in [3.05, 3.63) is 29.8 Å². The minimum atomic E-state index is -1.13. The molecule has 0 unspecified atom stereocenters. The molecular weight excluding hydrogens is 262 g/mol. The zero-order chi connectivity index (χ0) is 14.3. The average Bonchev–Trinajstić information content (AvgIpc) is 2.33. The molecule has 8 heteroatoms. The Labute approximate surface area is 107 Å². The number of hydrogen-bond acceptors (Lipinski definition) is 3. The number of amides is 2. The van der Waals surface area contributed by atoms with Gasteiger partial charge in [-0.2, -0.15) is 0 Å². The molecule has 0 atom stereocenters. The first-order valence-electron chi connectivity index (χ1n) is 5.29. The van der Waals surface area contributed by atoms with E-state index in [1.54, 1.807) is 0 Å². The fourth-order valence-electron chi connectivity index (χ4n) is 1.17. The topological polar surface area (TPSA) is 87.7 Å². The summed E-state index contributed by atoms with van der Waals surface area (Å²) in [6.07, 6.45) is 0. The van der Waals surface area contributed by atoms with Crippen molar-refractivity contribution in [3.63, 3.8) is 0 Å². The summed E-state index contributed by atoms with van der Waals surface area (Å²) < 4.78 is 31.0. The molecule has 1 aromatic rings. The SMILES string of the molecule is O=C(O)COCCNC(=O)Nc1c(F)cccc1F. The van der Waals surface area contributed by atoms with Crippen LogP contribution in [0.3, 0.4) is 0 Å².